The van der Waals surface area contributed by atoms with E-state index < -0.39 is 10.0 Å². The van der Waals surface area contributed by atoms with E-state index in [0.717, 1.165) is 12.2 Å². The Kier molecular flexibility index (Phi) is 8.04. The highest BCUT2D eigenvalue weighted by Crippen LogP contribution is 2.24. The van der Waals surface area contributed by atoms with Crippen molar-refractivity contribution < 1.29 is 13.2 Å². The fraction of sp³-hybridized carbons (Fsp3) is 0.632. The second-order valence-electron chi connectivity index (χ2n) is 7.84. The molecule has 1 atom stereocenters. The van der Waals surface area contributed by atoms with Gasteiger partial charge in [-0.05, 0) is 30.5 Å². The van der Waals surface area contributed by atoms with Crippen molar-refractivity contribution in [2.45, 2.75) is 44.1 Å². The predicted molar refractivity (Wildman–Crippen MR) is 114 cm³/mol. The van der Waals surface area contributed by atoms with Crippen LogP contribution >= 0.6 is 23.4 Å². The maximum absolute atomic E-state index is 12.8. The molecule has 1 aliphatic heterocycles. The normalized spacial score (nSPS) is 19.0. The molecule has 0 bridgehead atoms. The molecule has 0 aliphatic carbocycles. The van der Waals surface area contributed by atoms with E-state index in [9.17, 15) is 13.2 Å². The van der Waals surface area contributed by atoms with Gasteiger partial charge in [-0.25, -0.2) is 12.7 Å². The summed E-state index contributed by atoms with van der Waals surface area (Å²) >= 11 is 7.75. The molecule has 0 aromatic heterocycles. The Morgan fingerprint density at radius 1 is 1.37 bits per heavy atom. The van der Waals surface area contributed by atoms with Crippen LogP contribution in [0.25, 0.3) is 0 Å². The van der Waals surface area contributed by atoms with Gasteiger partial charge in [-0.15, -0.1) is 0 Å². The van der Waals surface area contributed by atoms with Gasteiger partial charge in [0.15, 0.2) is 0 Å². The molecule has 5 nitrogen and oxygen atoms in total. The van der Waals surface area contributed by atoms with Gasteiger partial charge in [-0.1, -0.05) is 44.5 Å². The fourth-order valence-corrected chi connectivity index (χ4v) is 5.64. The second-order valence-corrected chi connectivity index (χ2v) is 12.2. The highest BCUT2D eigenvalue weighted by atomic mass is 35.5. The number of hydrogen-bond acceptors (Lipinski definition) is 4. The molecule has 2 rings (SSSR count). The number of rotatable bonds is 7. The van der Waals surface area contributed by atoms with Gasteiger partial charge in [0.05, 0.1) is 11.7 Å². The molecule has 27 heavy (non-hydrogen) atoms. The summed E-state index contributed by atoms with van der Waals surface area (Å²) in [7, 11) is -3.47. The smallest absolute Gasteiger partial charge is 0.224 e. The quantitative estimate of drug-likeness (QED) is 0.669. The fourth-order valence-electron chi connectivity index (χ4n) is 3.01. The van der Waals surface area contributed by atoms with E-state index in [-0.39, 0.29) is 28.9 Å². The topological polar surface area (TPSA) is 66.5 Å². The number of piperidine rings is 1. The molecule has 1 N–H and O–H groups in total. The molecule has 1 aliphatic rings. The van der Waals surface area contributed by atoms with Gasteiger partial charge in [0.2, 0.25) is 15.9 Å². The Morgan fingerprint density at radius 2 is 2.11 bits per heavy atom. The summed E-state index contributed by atoms with van der Waals surface area (Å²) in [4.78, 5) is 12.4. The van der Waals surface area contributed by atoms with Crippen LogP contribution in [0.5, 0.6) is 0 Å². The van der Waals surface area contributed by atoms with Gasteiger partial charge < -0.3 is 5.32 Å². The lowest BCUT2D eigenvalue weighted by atomic mass is 9.99. The van der Waals surface area contributed by atoms with Crippen LogP contribution in [0.1, 0.15) is 39.2 Å². The molecule has 0 radical (unpaired) electrons. The Balaban J connectivity index is 1.89. The number of carbonyl (C=O) groups excluding carboxylic acids is 1. The summed E-state index contributed by atoms with van der Waals surface area (Å²) in [6.45, 7) is 7.75. The van der Waals surface area contributed by atoms with E-state index in [4.69, 9.17) is 11.6 Å². The van der Waals surface area contributed by atoms with E-state index >= 15 is 0 Å². The third-order valence-corrected chi connectivity index (χ3v) is 7.65. The maximum atomic E-state index is 12.8. The van der Waals surface area contributed by atoms with Crippen LogP contribution in [0.2, 0.25) is 5.02 Å². The van der Waals surface area contributed by atoms with Gasteiger partial charge in [0.1, 0.15) is 0 Å². The minimum atomic E-state index is -3.47. The molecule has 1 fully saturated rings. The summed E-state index contributed by atoms with van der Waals surface area (Å²) < 4.78 is 27.1. The summed E-state index contributed by atoms with van der Waals surface area (Å²) in [6, 6.07) is 6.89. The lowest BCUT2D eigenvalue weighted by Crippen LogP contribution is -2.46. The van der Waals surface area contributed by atoms with E-state index in [2.05, 4.69) is 26.1 Å². The molecule has 1 amide bonds. The van der Waals surface area contributed by atoms with Gasteiger partial charge in [0.25, 0.3) is 0 Å². The predicted octanol–water partition coefficient (Wildman–Crippen LogP) is 3.53. The molecular weight excluding hydrogens is 404 g/mol. The first-order valence-corrected chi connectivity index (χ1v) is 12.2. The van der Waals surface area contributed by atoms with Crippen molar-refractivity contribution in [2.24, 2.45) is 5.92 Å². The summed E-state index contributed by atoms with van der Waals surface area (Å²) in [6.07, 6.45) is 1.42. The Labute approximate surface area is 172 Å². The average molecular weight is 433 g/mol. The molecular formula is C19H29ClN2O3S2. The van der Waals surface area contributed by atoms with Crippen LogP contribution < -0.4 is 5.32 Å². The maximum Gasteiger partial charge on any atom is 0.224 e. The zero-order valence-corrected chi connectivity index (χ0v) is 18.6. The number of carbonyl (C=O) groups is 1. The Hall–Kier alpha value is -0.760. The van der Waals surface area contributed by atoms with Gasteiger partial charge in [0, 0.05) is 35.2 Å². The average Bonchev–Trinajstić information content (AvgIpc) is 2.57. The zero-order valence-electron chi connectivity index (χ0n) is 16.2. The molecule has 1 aromatic carbocycles. The lowest BCUT2D eigenvalue weighted by Gasteiger charge is -2.31. The molecule has 1 unspecified atom stereocenters. The number of amides is 1. The number of benzene rings is 1. The van der Waals surface area contributed by atoms with Crippen LogP contribution in [0, 0.1) is 5.92 Å². The van der Waals surface area contributed by atoms with Crippen LogP contribution in [-0.4, -0.2) is 48.8 Å². The molecule has 8 heteroatoms. The van der Waals surface area contributed by atoms with Crippen LogP contribution in [-0.2, 0) is 20.6 Å². The van der Waals surface area contributed by atoms with Crippen molar-refractivity contribution in [2.75, 3.05) is 25.4 Å². The number of nitrogens with zero attached hydrogens (tertiary/aromatic N) is 1. The van der Waals surface area contributed by atoms with Gasteiger partial charge in [-0.2, -0.15) is 11.8 Å². The van der Waals surface area contributed by atoms with Gasteiger partial charge >= 0.3 is 0 Å². The molecule has 152 valence electrons. The monoisotopic (exact) mass is 432 g/mol. The third kappa shape index (κ3) is 7.64. The van der Waals surface area contributed by atoms with Crippen molar-refractivity contribution in [3.63, 3.8) is 0 Å². The number of thioether (sulfide) groups is 1. The number of sulfonamides is 1. The molecule has 1 saturated heterocycles. The minimum absolute atomic E-state index is 0.0489. The standard InChI is InChI=1S/C19H29ClN2O3S2/c1-19(2,3)26-11-9-21-18(23)16-7-5-10-22(13-16)27(24,25)14-15-6-4-8-17(20)12-15/h4,6,8,12,16H,5,7,9-11,13-14H2,1-3H3,(H,21,23). The Bertz CT molecular complexity index is 748. The van der Waals surface area contributed by atoms with Crippen molar-refractivity contribution in [3.8, 4) is 0 Å². The minimum Gasteiger partial charge on any atom is -0.355 e. The highest BCUT2D eigenvalue weighted by molar-refractivity contribution is 8.00. The largest absolute Gasteiger partial charge is 0.355 e. The van der Waals surface area contributed by atoms with Crippen molar-refractivity contribution in [1.29, 1.82) is 0 Å². The second kappa shape index (κ2) is 9.63. The molecule has 1 heterocycles. The number of halogens is 1. The van der Waals surface area contributed by atoms with E-state index in [1.165, 1.54) is 4.31 Å². The van der Waals surface area contributed by atoms with Crippen molar-refractivity contribution in [1.82, 2.24) is 9.62 Å². The first kappa shape index (κ1) is 22.5. The van der Waals surface area contributed by atoms with Crippen LogP contribution in [0.3, 0.4) is 0 Å². The van der Waals surface area contributed by atoms with E-state index in [1.807, 2.05) is 0 Å². The molecule has 0 spiro atoms. The van der Waals surface area contributed by atoms with Crippen LogP contribution in [0.15, 0.2) is 24.3 Å². The number of nitrogens with one attached hydrogen (secondary N) is 1. The van der Waals surface area contributed by atoms with Gasteiger partial charge in [-0.3, -0.25) is 4.79 Å². The third-order valence-electron chi connectivity index (χ3n) is 4.32. The number of hydrogen-bond donors (Lipinski definition) is 1. The van der Waals surface area contributed by atoms with Crippen molar-refractivity contribution >= 4 is 39.3 Å². The lowest BCUT2D eigenvalue weighted by molar-refractivity contribution is -0.125. The summed E-state index contributed by atoms with van der Waals surface area (Å²) in [5.41, 5.74) is 0.660. The van der Waals surface area contributed by atoms with Crippen LogP contribution in [0.4, 0.5) is 0 Å². The van der Waals surface area contributed by atoms with Crippen molar-refractivity contribution in [3.05, 3.63) is 34.9 Å². The van der Waals surface area contributed by atoms with E-state index in [0.29, 0.717) is 30.1 Å². The summed E-state index contributed by atoms with van der Waals surface area (Å²) in [5.74, 6) is 0.419. The first-order valence-electron chi connectivity index (χ1n) is 9.21. The SMILES string of the molecule is CC(C)(C)SCCNC(=O)C1CCCN(S(=O)(=O)Cc2cccc(Cl)c2)C1. The first-order chi connectivity index (χ1) is 12.6. The van der Waals surface area contributed by atoms with E-state index in [1.54, 1.807) is 36.0 Å². The summed E-state index contributed by atoms with van der Waals surface area (Å²) in [5, 5.41) is 3.48. The zero-order chi connectivity index (χ0) is 20.1. The molecule has 1 aromatic rings. The Morgan fingerprint density at radius 3 is 2.78 bits per heavy atom. The molecule has 0 saturated carbocycles. The highest BCUT2D eigenvalue weighted by Gasteiger charge is 2.32.